The summed E-state index contributed by atoms with van der Waals surface area (Å²) in [7, 11) is 0. The van der Waals surface area contributed by atoms with Crippen molar-refractivity contribution in [3.8, 4) is 5.75 Å². The molecular formula is C22H19N2O3+. The zero-order chi connectivity index (χ0) is 18.4. The van der Waals surface area contributed by atoms with E-state index in [0.717, 1.165) is 40.7 Å². The molecule has 0 bridgehead atoms. The number of aromatic nitrogens is 1. The van der Waals surface area contributed by atoms with E-state index in [1.165, 1.54) is 10.5 Å². The third kappa shape index (κ3) is 2.67. The third-order valence-electron chi connectivity index (χ3n) is 5.23. The Morgan fingerprint density at radius 1 is 1.07 bits per heavy atom. The van der Waals surface area contributed by atoms with Crippen molar-refractivity contribution in [1.29, 1.82) is 0 Å². The van der Waals surface area contributed by atoms with Crippen LogP contribution in [0.1, 0.15) is 16.7 Å². The Labute approximate surface area is 155 Å². The zero-order valence-electron chi connectivity index (χ0n) is 15.0. The van der Waals surface area contributed by atoms with E-state index in [2.05, 4.69) is 11.1 Å². The highest BCUT2D eigenvalue weighted by molar-refractivity contribution is 6.06. The van der Waals surface area contributed by atoms with Crippen molar-refractivity contribution >= 4 is 21.7 Å². The lowest BCUT2D eigenvalue weighted by Crippen LogP contribution is -3.10. The molecule has 1 atom stereocenters. The number of nitrogens with zero attached hydrogens (tertiary/aromatic N) is 1. The summed E-state index contributed by atoms with van der Waals surface area (Å²) < 4.78 is 11.7. The fraction of sp³-hybridized carbons (Fsp3) is 0.182. The zero-order valence-corrected chi connectivity index (χ0v) is 15.0. The second-order valence-electron chi connectivity index (χ2n) is 7.05. The second-order valence-corrected chi connectivity index (χ2v) is 7.05. The Hall–Kier alpha value is -3.18. The SMILES string of the molecule is Cc1c2c(cc3c1oc(=O)c1ccccc13)C[NH+](Cc1ccncc1)CO2. The van der Waals surface area contributed by atoms with E-state index < -0.39 is 0 Å². The lowest BCUT2D eigenvalue weighted by Gasteiger charge is -2.27. The van der Waals surface area contributed by atoms with E-state index in [-0.39, 0.29) is 5.63 Å². The van der Waals surface area contributed by atoms with E-state index in [1.54, 1.807) is 0 Å². The lowest BCUT2D eigenvalue weighted by molar-refractivity contribution is -0.945. The van der Waals surface area contributed by atoms with Crippen molar-refractivity contribution in [1.82, 2.24) is 4.98 Å². The van der Waals surface area contributed by atoms with Crippen LogP contribution in [-0.2, 0) is 13.1 Å². The normalized spacial score (nSPS) is 16.3. The van der Waals surface area contributed by atoms with Gasteiger partial charge in [0.25, 0.3) is 0 Å². The first-order valence-electron chi connectivity index (χ1n) is 9.04. The summed E-state index contributed by atoms with van der Waals surface area (Å²) in [5.41, 5.74) is 3.60. The molecule has 2 aromatic heterocycles. The number of quaternary nitrogens is 1. The van der Waals surface area contributed by atoms with Crippen molar-refractivity contribution in [3.63, 3.8) is 0 Å². The Balaban J connectivity index is 1.62. The van der Waals surface area contributed by atoms with Crippen LogP contribution >= 0.6 is 0 Å². The summed E-state index contributed by atoms with van der Waals surface area (Å²) in [6.45, 7) is 4.29. The number of ether oxygens (including phenoxy) is 1. The fourth-order valence-electron chi connectivity index (χ4n) is 3.96. The average Bonchev–Trinajstić information content (AvgIpc) is 2.70. The van der Waals surface area contributed by atoms with E-state index in [4.69, 9.17) is 9.15 Å². The monoisotopic (exact) mass is 359 g/mol. The van der Waals surface area contributed by atoms with Gasteiger partial charge in [0.15, 0.2) is 0 Å². The van der Waals surface area contributed by atoms with Crippen LogP contribution in [0.2, 0.25) is 0 Å². The number of rotatable bonds is 2. The molecule has 3 heterocycles. The predicted octanol–water partition coefficient (Wildman–Crippen LogP) is 2.58. The topological polar surface area (TPSA) is 56.8 Å². The summed E-state index contributed by atoms with van der Waals surface area (Å²) in [5.74, 6) is 0.847. The maximum Gasteiger partial charge on any atom is 0.344 e. The molecule has 0 saturated heterocycles. The average molecular weight is 359 g/mol. The Bertz CT molecular complexity index is 1220. The molecule has 4 aromatic rings. The van der Waals surface area contributed by atoms with Crippen LogP contribution in [-0.4, -0.2) is 11.7 Å². The Morgan fingerprint density at radius 2 is 1.85 bits per heavy atom. The molecule has 1 N–H and O–H groups in total. The van der Waals surface area contributed by atoms with Gasteiger partial charge in [-0.05, 0) is 36.6 Å². The minimum atomic E-state index is -0.304. The smallest absolute Gasteiger partial charge is 0.344 e. The summed E-state index contributed by atoms with van der Waals surface area (Å²) in [6.07, 6.45) is 3.64. The van der Waals surface area contributed by atoms with Gasteiger partial charge < -0.3 is 9.15 Å². The molecule has 1 aliphatic heterocycles. The highest BCUT2D eigenvalue weighted by atomic mass is 16.5. The molecule has 0 spiro atoms. The molecule has 0 saturated carbocycles. The van der Waals surface area contributed by atoms with Gasteiger partial charge in [-0.2, -0.15) is 0 Å². The van der Waals surface area contributed by atoms with E-state index in [0.29, 0.717) is 17.7 Å². The second kappa shape index (κ2) is 6.21. The van der Waals surface area contributed by atoms with Crippen molar-refractivity contribution < 1.29 is 14.1 Å². The largest absolute Gasteiger partial charge is 0.444 e. The van der Waals surface area contributed by atoms with E-state index in [1.807, 2.05) is 55.7 Å². The Morgan fingerprint density at radius 3 is 2.67 bits per heavy atom. The van der Waals surface area contributed by atoms with Crippen LogP contribution < -0.4 is 15.3 Å². The van der Waals surface area contributed by atoms with Crippen LogP contribution in [0.25, 0.3) is 21.7 Å². The quantitative estimate of drug-likeness (QED) is 0.442. The van der Waals surface area contributed by atoms with Gasteiger partial charge in [0.1, 0.15) is 24.4 Å². The van der Waals surface area contributed by atoms with Crippen LogP contribution in [0.15, 0.2) is 64.1 Å². The first-order chi connectivity index (χ1) is 13.2. The number of hydrogen-bond donors (Lipinski definition) is 1. The minimum Gasteiger partial charge on any atom is -0.444 e. The fourth-order valence-corrected chi connectivity index (χ4v) is 3.96. The minimum absolute atomic E-state index is 0.304. The molecule has 5 nitrogen and oxygen atoms in total. The predicted molar refractivity (Wildman–Crippen MR) is 103 cm³/mol. The van der Waals surface area contributed by atoms with Gasteiger partial charge in [-0.3, -0.25) is 9.88 Å². The maximum atomic E-state index is 12.4. The molecule has 0 amide bonds. The Kier molecular flexibility index (Phi) is 3.69. The maximum absolute atomic E-state index is 12.4. The van der Waals surface area contributed by atoms with Crippen molar-refractivity contribution in [2.45, 2.75) is 20.0 Å². The van der Waals surface area contributed by atoms with Crippen LogP contribution in [0, 0.1) is 6.92 Å². The summed E-state index contributed by atoms with van der Waals surface area (Å²) >= 11 is 0. The molecule has 5 rings (SSSR count). The first kappa shape index (κ1) is 16.0. The number of aryl methyl sites for hydroxylation is 1. The molecule has 2 aromatic carbocycles. The van der Waals surface area contributed by atoms with E-state index in [9.17, 15) is 4.79 Å². The number of nitrogens with one attached hydrogen (secondary N) is 1. The van der Waals surface area contributed by atoms with Gasteiger partial charge in [-0.1, -0.05) is 18.2 Å². The van der Waals surface area contributed by atoms with Crippen LogP contribution in [0.3, 0.4) is 0 Å². The molecule has 134 valence electrons. The summed E-state index contributed by atoms with van der Waals surface area (Å²) in [6, 6.07) is 13.8. The van der Waals surface area contributed by atoms with Gasteiger partial charge in [0.05, 0.1) is 5.39 Å². The van der Waals surface area contributed by atoms with Crippen molar-refractivity contribution in [2.75, 3.05) is 6.73 Å². The van der Waals surface area contributed by atoms with Gasteiger partial charge in [0.2, 0.25) is 6.73 Å². The van der Waals surface area contributed by atoms with Crippen molar-refractivity contribution in [3.05, 3.63) is 82.0 Å². The highest BCUT2D eigenvalue weighted by Gasteiger charge is 2.25. The summed E-state index contributed by atoms with van der Waals surface area (Å²) in [5, 5.41) is 2.51. The molecule has 27 heavy (non-hydrogen) atoms. The molecule has 0 aliphatic carbocycles. The number of benzene rings is 2. The molecular weight excluding hydrogens is 340 g/mol. The molecule has 5 heteroatoms. The first-order valence-corrected chi connectivity index (χ1v) is 9.04. The highest BCUT2D eigenvalue weighted by Crippen LogP contribution is 2.34. The van der Waals surface area contributed by atoms with Crippen LogP contribution in [0.4, 0.5) is 0 Å². The number of fused-ring (bicyclic) bond motifs is 4. The van der Waals surface area contributed by atoms with E-state index >= 15 is 0 Å². The van der Waals surface area contributed by atoms with Gasteiger partial charge in [-0.15, -0.1) is 0 Å². The lowest BCUT2D eigenvalue weighted by atomic mass is 10.00. The molecule has 1 unspecified atom stereocenters. The van der Waals surface area contributed by atoms with Gasteiger partial charge in [0, 0.05) is 34.5 Å². The van der Waals surface area contributed by atoms with Crippen molar-refractivity contribution in [2.24, 2.45) is 0 Å². The van der Waals surface area contributed by atoms with Gasteiger partial charge in [-0.25, -0.2) is 4.79 Å². The number of hydrogen-bond acceptors (Lipinski definition) is 4. The van der Waals surface area contributed by atoms with Gasteiger partial charge >= 0.3 is 5.63 Å². The molecule has 0 radical (unpaired) electrons. The summed E-state index contributed by atoms with van der Waals surface area (Å²) in [4.78, 5) is 17.8. The standard InChI is InChI=1S/C22H18N2O3/c1-14-20-16(12-24(13-26-20)11-15-6-8-23-9-7-15)10-19-17-4-2-3-5-18(17)22(25)27-21(14)19/h2-10H,11-13H2,1H3/p+1. The third-order valence-corrected chi connectivity index (χ3v) is 5.23. The van der Waals surface area contributed by atoms with Crippen LogP contribution in [0.5, 0.6) is 5.75 Å². The molecule has 0 fully saturated rings. The molecule has 1 aliphatic rings. The number of pyridine rings is 1.